The van der Waals surface area contributed by atoms with Gasteiger partial charge in [-0.05, 0) is 61.0 Å². The van der Waals surface area contributed by atoms with Gasteiger partial charge in [0.05, 0.1) is 16.4 Å². The first-order valence-corrected chi connectivity index (χ1v) is 12.0. The zero-order valence-corrected chi connectivity index (χ0v) is 19.3. The number of esters is 1. The maximum Gasteiger partial charge on any atom is 0.348 e. The molecule has 174 valence electrons. The van der Waals surface area contributed by atoms with Crippen LogP contribution in [-0.2, 0) is 19.4 Å². The number of hydrogen-bond acceptors (Lipinski definition) is 7. The second kappa shape index (κ2) is 9.37. The van der Waals surface area contributed by atoms with Crippen molar-refractivity contribution in [1.29, 1.82) is 5.26 Å². The van der Waals surface area contributed by atoms with Gasteiger partial charge in [-0.3, -0.25) is 9.59 Å². The van der Waals surface area contributed by atoms with Crippen molar-refractivity contribution in [3.8, 4) is 6.07 Å². The van der Waals surface area contributed by atoms with Crippen molar-refractivity contribution in [3.63, 3.8) is 0 Å². The van der Waals surface area contributed by atoms with Gasteiger partial charge in [0.25, 0.3) is 5.91 Å². The summed E-state index contributed by atoms with van der Waals surface area (Å²) in [5.41, 5.74) is 0.987. The Bertz CT molecular complexity index is 1550. The molecule has 0 unspecified atom stereocenters. The molecule has 0 atom stereocenters. The highest BCUT2D eigenvalue weighted by Gasteiger charge is 2.35. The van der Waals surface area contributed by atoms with Gasteiger partial charge in [-0.1, -0.05) is 24.3 Å². The zero-order chi connectivity index (χ0) is 25.2. The number of ether oxygens (including phenoxy) is 1. The summed E-state index contributed by atoms with van der Waals surface area (Å²) in [7, 11) is -3.97. The SMILES string of the molecule is CCOC(=O)C(C#N)=Cc1ccc(NC(=O)c2ccc3c(c2)S(=O)(=O)c2ccccc2C3=O)cc1. The molecule has 4 rings (SSSR count). The van der Waals surface area contributed by atoms with Crippen molar-refractivity contribution < 1.29 is 27.5 Å². The molecule has 3 aromatic rings. The number of rotatable bonds is 5. The minimum Gasteiger partial charge on any atom is -0.462 e. The third kappa shape index (κ3) is 4.47. The van der Waals surface area contributed by atoms with E-state index in [1.807, 2.05) is 0 Å². The summed E-state index contributed by atoms with van der Waals surface area (Å²) < 4.78 is 31.0. The van der Waals surface area contributed by atoms with E-state index in [9.17, 15) is 22.8 Å². The molecular weight excluding hydrogens is 468 g/mol. The number of carbonyl (C=O) groups excluding carboxylic acids is 3. The van der Waals surface area contributed by atoms with E-state index in [-0.39, 0.29) is 38.7 Å². The van der Waals surface area contributed by atoms with Crippen LogP contribution in [0.1, 0.15) is 38.8 Å². The van der Waals surface area contributed by atoms with Crippen LogP contribution in [0.15, 0.2) is 82.1 Å². The number of nitrogens with zero attached hydrogens (tertiary/aromatic N) is 1. The van der Waals surface area contributed by atoms with Crippen molar-refractivity contribution in [2.24, 2.45) is 0 Å². The fourth-order valence-electron chi connectivity index (χ4n) is 3.60. The van der Waals surface area contributed by atoms with Crippen LogP contribution in [0.2, 0.25) is 0 Å². The molecule has 0 spiro atoms. The van der Waals surface area contributed by atoms with Gasteiger partial charge in [0, 0.05) is 22.4 Å². The monoisotopic (exact) mass is 486 g/mol. The molecule has 1 amide bonds. The Morgan fingerprint density at radius 2 is 1.69 bits per heavy atom. The van der Waals surface area contributed by atoms with Gasteiger partial charge in [-0.25, -0.2) is 13.2 Å². The van der Waals surface area contributed by atoms with Crippen LogP contribution in [0.5, 0.6) is 0 Å². The summed E-state index contributed by atoms with van der Waals surface area (Å²) in [5.74, 6) is -1.71. The first-order valence-electron chi connectivity index (χ1n) is 10.5. The van der Waals surface area contributed by atoms with Gasteiger partial charge in [-0.2, -0.15) is 5.26 Å². The van der Waals surface area contributed by atoms with E-state index in [4.69, 9.17) is 10.00 Å². The van der Waals surface area contributed by atoms with Gasteiger partial charge in [-0.15, -0.1) is 0 Å². The van der Waals surface area contributed by atoms with Gasteiger partial charge in [0.1, 0.15) is 11.6 Å². The van der Waals surface area contributed by atoms with E-state index >= 15 is 0 Å². The molecular formula is C26H18N2O6S. The number of amides is 1. The molecule has 1 N–H and O–H groups in total. The van der Waals surface area contributed by atoms with Crippen LogP contribution >= 0.6 is 0 Å². The van der Waals surface area contributed by atoms with E-state index in [1.165, 1.54) is 42.5 Å². The molecule has 3 aromatic carbocycles. The second-order valence-electron chi connectivity index (χ2n) is 7.51. The normalized spacial score (nSPS) is 13.7. The Kier molecular flexibility index (Phi) is 6.32. The van der Waals surface area contributed by atoms with Crippen molar-refractivity contribution in [1.82, 2.24) is 0 Å². The van der Waals surface area contributed by atoms with Gasteiger partial charge < -0.3 is 10.1 Å². The molecule has 1 aliphatic rings. The molecule has 0 aromatic heterocycles. The molecule has 0 aliphatic carbocycles. The average molecular weight is 487 g/mol. The number of carbonyl (C=O) groups is 3. The smallest absolute Gasteiger partial charge is 0.348 e. The maximum atomic E-state index is 13.1. The molecule has 0 bridgehead atoms. The minimum atomic E-state index is -3.97. The van der Waals surface area contributed by atoms with Crippen molar-refractivity contribution >= 4 is 39.3 Å². The Balaban J connectivity index is 1.57. The number of nitriles is 1. The summed E-state index contributed by atoms with van der Waals surface area (Å²) >= 11 is 0. The van der Waals surface area contributed by atoms with Crippen molar-refractivity contribution in [2.45, 2.75) is 16.7 Å². The number of nitrogens with one attached hydrogen (secondary N) is 1. The van der Waals surface area contributed by atoms with Crippen LogP contribution in [0.25, 0.3) is 6.08 Å². The predicted octanol–water partition coefficient (Wildman–Crippen LogP) is 3.79. The number of fused-ring (bicyclic) bond motifs is 2. The second-order valence-corrected chi connectivity index (χ2v) is 9.39. The molecule has 9 heteroatoms. The van der Waals surface area contributed by atoms with Crippen LogP contribution < -0.4 is 5.32 Å². The van der Waals surface area contributed by atoms with E-state index in [0.29, 0.717) is 11.3 Å². The molecule has 8 nitrogen and oxygen atoms in total. The standard InChI is InChI=1S/C26H18N2O6S/c1-2-34-26(31)18(15-27)13-16-7-10-19(11-8-16)28-25(30)17-9-12-21-23(14-17)35(32,33)22-6-4-3-5-20(22)24(21)29/h3-14H,2H2,1H3,(H,28,30). The molecule has 0 saturated heterocycles. The van der Waals surface area contributed by atoms with Gasteiger partial charge in [0.2, 0.25) is 9.84 Å². The highest BCUT2D eigenvalue weighted by atomic mass is 32.2. The van der Waals surface area contributed by atoms with Gasteiger partial charge in [0.15, 0.2) is 5.78 Å². The van der Waals surface area contributed by atoms with E-state index in [1.54, 1.807) is 43.3 Å². The maximum absolute atomic E-state index is 13.1. The summed E-state index contributed by atoms with van der Waals surface area (Å²) in [6.07, 6.45) is 1.37. The molecule has 1 aliphatic heterocycles. The Labute approximate surface area is 201 Å². The fraction of sp³-hybridized carbons (Fsp3) is 0.0769. The summed E-state index contributed by atoms with van der Waals surface area (Å²) in [6, 6.07) is 18.0. The predicted molar refractivity (Wildman–Crippen MR) is 126 cm³/mol. The fourth-order valence-corrected chi connectivity index (χ4v) is 5.28. The highest BCUT2D eigenvalue weighted by Crippen LogP contribution is 2.34. The van der Waals surface area contributed by atoms with Crippen LogP contribution in [0.3, 0.4) is 0 Å². The van der Waals surface area contributed by atoms with E-state index in [2.05, 4.69) is 5.32 Å². The van der Waals surface area contributed by atoms with Crippen LogP contribution in [0, 0.1) is 11.3 Å². The molecule has 0 radical (unpaired) electrons. The minimum absolute atomic E-state index is 0.0197. The van der Waals surface area contributed by atoms with E-state index < -0.39 is 27.5 Å². The average Bonchev–Trinajstić information content (AvgIpc) is 2.87. The zero-order valence-electron chi connectivity index (χ0n) is 18.4. The Hall–Kier alpha value is -4.55. The lowest BCUT2D eigenvalue weighted by atomic mass is 10.0. The number of hydrogen-bond donors (Lipinski definition) is 1. The first-order chi connectivity index (χ1) is 16.8. The molecule has 0 saturated carbocycles. The quantitative estimate of drug-likeness (QED) is 0.258. The third-order valence-electron chi connectivity index (χ3n) is 5.29. The number of ketones is 1. The lowest BCUT2D eigenvalue weighted by Crippen LogP contribution is -2.21. The van der Waals surface area contributed by atoms with Crippen LogP contribution in [-0.4, -0.2) is 32.7 Å². The Morgan fingerprint density at radius 1 is 1.00 bits per heavy atom. The summed E-state index contributed by atoms with van der Waals surface area (Å²) in [4.78, 5) is 37.0. The molecule has 35 heavy (non-hydrogen) atoms. The highest BCUT2D eigenvalue weighted by molar-refractivity contribution is 7.91. The van der Waals surface area contributed by atoms with Crippen LogP contribution in [0.4, 0.5) is 5.69 Å². The summed E-state index contributed by atoms with van der Waals surface area (Å²) in [6.45, 7) is 1.78. The lowest BCUT2D eigenvalue weighted by molar-refractivity contribution is -0.137. The lowest BCUT2D eigenvalue weighted by Gasteiger charge is -2.19. The van der Waals surface area contributed by atoms with Gasteiger partial charge >= 0.3 is 5.97 Å². The molecule has 0 fully saturated rings. The largest absolute Gasteiger partial charge is 0.462 e. The molecule has 1 heterocycles. The Morgan fingerprint density at radius 3 is 2.37 bits per heavy atom. The number of benzene rings is 3. The topological polar surface area (TPSA) is 130 Å². The summed E-state index contributed by atoms with van der Waals surface area (Å²) in [5, 5.41) is 11.8. The first kappa shape index (κ1) is 23.6. The number of sulfone groups is 1. The van der Waals surface area contributed by atoms with Crippen molar-refractivity contribution in [3.05, 3.63) is 94.6 Å². The van der Waals surface area contributed by atoms with Crippen molar-refractivity contribution in [2.75, 3.05) is 11.9 Å². The number of anilines is 1. The van der Waals surface area contributed by atoms with E-state index in [0.717, 1.165) is 0 Å². The third-order valence-corrected chi connectivity index (χ3v) is 7.15.